The maximum atomic E-state index is 13.2. The summed E-state index contributed by atoms with van der Waals surface area (Å²) in [4.78, 5) is 25.0. The van der Waals surface area contributed by atoms with Gasteiger partial charge in [0.1, 0.15) is 30.3 Å². The van der Waals surface area contributed by atoms with Gasteiger partial charge in [0.2, 0.25) is 5.43 Å². The number of ether oxygens (including phenoxy) is 4. The fourth-order valence-electron chi connectivity index (χ4n) is 3.40. The van der Waals surface area contributed by atoms with Crippen molar-refractivity contribution < 1.29 is 28.2 Å². The van der Waals surface area contributed by atoms with Crippen LogP contribution in [0, 0.1) is 6.92 Å². The van der Waals surface area contributed by atoms with Gasteiger partial charge in [-0.25, -0.2) is 4.79 Å². The van der Waals surface area contributed by atoms with Gasteiger partial charge in [0, 0.05) is 6.07 Å². The first-order valence-corrected chi connectivity index (χ1v) is 9.78. The molecule has 0 spiro atoms. The van der Waals surface area contributed by atoms with E-state index in [2.05, 4.69) is 0 Å². The maximum Gasteiger partial charge on any atom is 0.347 e. The Hall–Kier alpha value is -3.48. The molecule has 0 bridgehead atoms. The van der Waals surface area contributed by atoms with E-state index in [4.69, 9.17) is 23.4 Å². The summed E-state index contributed by atoms with van der Waals surface area (Å²) >= 11 is 0. The van der Waals surface area contributed by atoms with E-state index in [1.54, 1.807) is 51.1 Å². The Bertz CT molecular complexity index is 1160. The monoisotopic (exact) mass is 410 g/mol. The zero-order chi connectivity index (χ0) is 21.3. The van der Waals surface area contributed by atoms with Crippen LogP contribution in [0.15, 0.2) is 45.6 Å². The fraction of sp³-hybridized carbons (Fsp3) is 0.304. The van der Waals surface area contributed by atoms with Crippen molar-refractivity contribution >= 4 is 16.9 Å². The number of hydrogen-bond acceptors (Lipinski definition) is 7. The third-order valence-electron chi connectivity index (χ3n) is 4.80. The number of rotatable bonds is 5. The zero-order valence-corrected chi connectivity index (χ0v) is 17.0. The number of benzene rings is 2. The van der Waals surface area contributed by atoms with Gasteiger partial charge in [0.05, 0.1) is 17.6 Å². The van der Waals surface area contributed by atoms with Crippen LogP contribution in [0.5, 0.6) is 17.2 Å². The van der Waals surface area contributed by atoms with Crippen molar-refractivity contribution in [3.8, 4) is 28.4 Å². The predicted molar refractivity (Wildman–Crippen MR) is 110 cm³/mol. The Labute approximate surface area is 173 Å². The molecule has 1 atom stereocenters. The third-order valence-corrected chi connectivity index (χ3v) is 4.80. The molecule has 0 saturated carbocycles. The number of esters is 1. The van der Waals surface area contributed by atoms with E-state index in [9.17, 15) is 9.59 Å². The second-order valence-electron chi connectivity index (χ2n) is 6.89. The van der Waals surface area contributed by atoms with Crippen LogP contribution in [-0.2, 0) is 9.53 Å². The van der Waals surface area contributed by atoms with Crippen LogP contribution in [0.1, 0.15) is 19.6 Å². The van der Waals surface area contributed by atoms with Crippen LogP contribution in [0.25, 0.3) is 22.1 Å². The summed E-state index contributed by atoms with van der Waals surface area (Å²) in [7, 11) is 0. The average molecular weight is 410 g/mol. The van der Waals surface area contributed by atoms with Crippen molar-refractivity contribution in [3.05, 3.63) is 52.4 Å². The molecule has 3 aromatic rings. The van der Waals surface area contributed by atoms with Gasteiger partial charge >= 0.3 is 5.97 Å². The molecule has 2 aromatic carbocycles. The zero-order valence-electron chi connectivity index (χ0n) is 17.0. The molecule has 7 nitrogen and oxygen atoms in total. The molecule has 0 saturated heterocycles. The number of hydrogen-bond donors (Lipinski definition) is 0. The topological polar surface area (TPSA) is 84.2 Å². The molecule has 0 fully saturated rings. The van der Waals surface area contributed by atoms with Crippen molar-refractivity contribution in [3.63, 3.8) is 0 Å². The van der Waals surface area contributed by atoms with E-state index in [0.717, 1.165) is 0 Å². The fourth-order valence-corrected chi connectivity index (χ4v) is 3.40. The first-order chi connectivity index (χ1) is 14.5. The highest BCUT2D eigenvalue weighted by Gasteiger charge is 2.19. The minimum absolute atomic E-state index is 0.157. The van der Waals surface area contributed by atoms with Crippen LogP contribution < -0.4 is 19.6 Å². The minimum atomic E-state index is -0.771. The molecule has 1 aliphatic heterocycles. The van der Waals surface area contributed by atoms with Gasteiger partial charge in [-0.1, -0.05) is 6.07 Å². The lowest BCUT2D eigenvalue weighted by atomic mass is 10.0. The van der Waals surface area contributed by atoms with E-state index in [1.807, 2.05) is 6.07 Å². The molecule has 7 heteroatoms. The van der Waals surface area contributed by atoms with E-state index < -0.39 is 12.1 Å². The van der Waals surface area contributed by atoms with E-state index in [-0.39, 0.29) is 12.0 Å². The van der Waals surface area contributed by atoms with Crippen molar-refractivity contribution in [1.82, 2.24) is 0 Å². The summed E-state index contributed by atoms with van der Waals surface area (Å²) < 4.78 is 27.7. The number of aryl methyl sites for hydroxylation is 1. The van der Waals surface area contributed by atoms with Crippen molar-refractivity contribution in [2.45, 2.75) is 26.9 Å². The summed E-state index contributed by atoms with van der Waals surface area (Å²) in [5, 5.41) is 0.418. The van der Waals surface area contributed by atoms with Gasteiger partial charge in [-0.2, -0.15) is 0 Å². The SMILES string of the molecule is CCOC(=O)[C@@H](C)Oc1ccc2c(=O)c(-c3ccc4c(c3)OCCO4)c(C)oc2c1. The first-order valence-electron chi connectivity index (χ1n) is 9.78. The van der Waals surface area contributed by atoms with Crippen LogP contribution in [0.3, 0.4) is 0 Å². The van der Waals surface area contributed by atoms with E-state index in [0.29, 0.717) is 58.3 Å². The summed E-state index contributed by atoms with van der Waals surface area (Å²) in [6.45, 7) is 6.33. The van der Waals surface area contributed by atoms with Crippen LogP contribution in [0.2, 0.25) is 0 Å². The molecule has 156 valence electrons. The van der Waals surface area contributed by atoms with Crippen LogP contribution in [0.4, 0.5) is 0 Å². The van der Waals surface area contributed by atoms with Crippen LogP contribution in [-0.4, -0.2) is 31.9 Å². The van der Waals surface area contributed by atoms with Gasteiger partial charge in [0.25, 0.3) is 0 Å². The highest BCUT2D eigenvalue weighted by molar-refractivity contribution is 5.84. The summed E-state index contributed by atoms with van der Waals surface area (Å²) in [6, 6.07) is 10.3. The molecule has 4 rings (SSSR count). The highest BCUT2D eigenvalue weighted by Crippen LogP contribution is 2.35. The van der Waals surface area contributed by atoms with Gasteiger partial charge in [-0.05, 0) is 50.6 Å². The largest absolute Gasteiger partial charge is 0.486 e. The number of carbonyl (C=O) groups is 1. The molecular weight excluding hydrogens is 388 g/mol. The Morgan fingerprint density at radius 1 is 1.10 bits per heavy atom. The second kappa shape index (κ2) is 8.10. The number of carbonyl (C=O) groups excluding carboxylic acids is 1. The highest BCUT2D eigenvalue weighted by atomic mass is 16.6. The lowest BCUT2D eigenvalue weighted by Gasteiger charge is -2.19. The predicted octanol–water partition coefficient (Wildman–Crippen LogP) is 3.87. The van der Waals surface area contributed by atoms with E-state index in [1.165, 1.54) is 0 Å². The van der Waals surface area contributed by atoms with Gasteiger partial charge in [0.15, 0.2) is 17.6 Å². The van der Waals surface area contributed by atoms with Gasteiger partial charge < -0.3 is 23.4 Å². The summed E-state index contributed by atoms with van der Waals surface area (Å²) in [5.41, 5.74) is 1.39. The molecule has 1 aliphatic rings. The van der Waals surface area contributed by atoms with Crippen molar-refractivity contribution in [2.24, 2.45) is 0 Å². The Balaban J connectivity index is 1.70. The lowest BCUT2D eigenvalue weighted by Crippen LogP contribution is -2.26. The lowest BCUT2D eigenvalue weighted by molar-refractivity contribution is -0.150. The molecule has 0 aliphatic carbocycles. The molecule has 30 heavy (non-hydrogen) atoms. The quantitative estimate of drug-likeness (QED) is 0.590. The van der Waals surface area contributed by atoms with Crippen molar-refractivity contribution in [1.29, 1.82) is 0 Å². The molecule has 0 unspecified atom stereocenters. The standard InChI is InChI=1S/C23H22O7/c1-4-26-23(25)14(3)29-16-6-7-17-19(12-16)30-13(2)21(22(17)24)15-5-8-18-20(11-15)28-10-9-27-18/h5-8,11-12,14H,4,9-10H2,1-3H3/t14-/m1/s1. The normalized spacial score (nSPS) is 13.7. The molecule has 1 aromatic heterocycles. The third kappa shape index (κ3) is 3.70. The smallest absolute Gasteiger partial charge is 0.347 e. The Morgan fingerprint density at radius 3 is 2.63 bits per heavy atom. The van der Waals surface area contributed by atoms with Gasteiger partial charge in [-0.3, -0.25) is 4.79 Å². The summed E-state index contributed by atoms with van der Waals surface area (Å²) in [5.74, 6) is 1.70. The second-order valence-corrected chi connectivity index (χ2v) is 6.89. The Kier molecular flexibility index (Phi) is 5.35. The minimum Gasteiger partial charge on any atom is -0.486 e. The van der Waals surface area contributed by atoms with Crippen LogP contribution >= 0.6 is 0 Å². The van der Waals surface area contributed by atoms with Gasteiger partial charge in [-0.15, -0.1) is 0 Å². The first kappa shape index (κ1) is 19.8. The average Bonchev–Trinajstić information content (AvgIpc) is 2.73. The Morgan fingerprint density at radius 2 is 1.87 bits per heavy atom. The molecular formula is C23H22O7. The summed E-state index contributed by atoms with van der Waals surface area (Å²) in [6.07, 6.45) is -0.771. The van der Waals surface area contributed by atoms with Crippen molar-refractivity contribution in [2.75, 3.05) is 19.8 Å². The van der Waals surface area contributed by atoms with E-state index >= 15 is 0 Å². The molecule has 0 radical (unpaired) electrons. The molecule has 0 amide bonds. The maximum absolute atomic E-state index is 13.2. The number of fused-ring (bicyclic) bond motifs is 2. The molecule has 0 N–H and O–H groups in total. The molecule has 2 heterocycles.